The molecular weight excluding hydrogens is 235 g/mol. The Kier molecular flexibility index (Phi) is 3.62. The molecule has 0 aliphatic rings. The lowest BCUT2D eigenvalue weighted by atomic mass is 10.0. The normalized spacial score (nSPS) is 12.4. The first kappa shape index (κ1) is 12.6. The van der Waals surface area contributed by atoms with Crippen LogP contribution in [0.2, 0.25) is 0 Å². The fraction of sp³-hybridized carbons (Fsp3) is 0.308. The van der Waals surface area contributed by atoms with Crippen molar-refractivity contribution in [2.24, 2.45) is 7.05 Å². The lowest BCUT2D eigenvalue weighted by Crippen LogP contribution is -2.01. The quantitative estimate of drug-likeness (QED) is 0.900. The fourth-order valence-corrected chi connectivity index (χ4v) is 1.79. The monoisotopic (exact) mass is 250 g/mol. The summed E-state index contributed by atoms with van der Waals surface area (Å²) in [5.41, 5.74) is 1.43. The van der Waals surface area contributed by atoms with Gasteiger partial charge in [0, 0.05) is 25.2 Å². The summed E-state index contributed by atoms with van der Waals surface area (Å²) in [5.74, 6) is -0.219. The van der Waals surface area contributed by atoms with Crippen molar-refractivity contribution in [3.8, 4) is 5.75 Å². The number of halogens is 1. The van der Waals surface area contributed by atoms with Crippen LogP contribution in [0.3, 0.4) is 0 Å². The van der Waals surface area contributed by atoms with Crippen LogP contribution in [0, 0.1) is 5.82 Å². The van der Waals surface area contributed by atoms with Crippen molar-refractivity contribution >= 4 is 0 Å². The highest BCUT2D eigenvalue weighted by Gasteiger charge is 2.12. The van der Waals surface area contributed by atoms with Gasteiger partial charge in [-0.25, -0.2) is 4.39 Å². The van der Waals surface area contributed by atoms with Crippen LogP contribution in [0.1, 0.15) is 17.2 Å². The number of rotatable bonds is 4. The third kappa shape index (κ3) is 2.68. The highest BCUT2D eigenvalue weighted by Crippen LogP contribution is 2.22. The van der Waals surface area contributed by atoms with E-state index < -0.39 is 11.9 Å². The number of hydrogen-bond donors (Lipinski definition) is 1. The third-order valence-electron chi connectivity index (χ3n) is 2.75. The van der Waals surface area contributed by atoms with E-state index in [0.717, 1.165) is 0 Å². The summed E-state index contributed by atoms with van der Waals surface area (Å²) in [7, 11) is 3.20. The molecule has 0 bridgehead atoms. The molecular formula is C13H15FN2O2. The molecule has 1 aromatic heterocycles. The summed E-state index contributed by atoms with van der Waals surface area (Å²) in [6.07, 6.45) is 2.99. The van der Waals surface area contributed by atoms with E-state index in [1.54, 1.807) is 36.3 Å². The number of ether oxygens (including phenoxy) is 1. The Morgan fingerprint density at radius 2 is 2.28 bits per heavy atom. The Labute approximate surface area is 105 Å². The Morgan fingerprint density at radius 1 is 1.50 bits per heavy atom. The van der Waals surface area contributed by atoms with Gasteiger partial charge in [-0.15, -0.1) is 0 Å². The van der Waals surface area contributed by atoms with E-state index in [4.69, 9.17) is 4.74 Å². The van der Waals surface area contributed by atoms with E-state index in [1.807, 2.05) is 0 Å². The van der Waals surface area contributed by atoms with Crippen molar-refractivity contribution in [3.05, 3.63) is 47.5 Å². The van der Waals surface area contributed by atoms with Gasteiger partial charge >= 0.3 is 0 Å². The molecule has 2 rings (SSSR count). The molecule has 0 spiro atoms. The highest BCUT2D eigenvalue weighted by atomic mass is 19.1. The average Bonchev–Trinajstić information content (AvgIpc) is 2.76. The number of nitrogens with zero attached hydrogens (tertiary/aromatic N) is 2. The summed E-state index contributed by atoms with van der Waals surface area (Å²) < 4.78 is 19.9. The van der Waals surface area contributed by atoms with E-state index in [2.05, 4.69) is 5.10 Å². The van der Waals surface area contributed by atoms with Gasteiger partial charge in [-0.05, 0) is 17.7 Å². The summed E-state index contributed by atoms with van der Waals surface area (Å²) in [6, 6.07) is 4.67. The van der Waals surface area contributed by atoms with Crippen LogP contribution in [0.4, 0.5) is 4.39 Å². The second-order valence-electron chi connectivity index (χ2n) is 4.14. The summed E-state index contributed by atoms with van der Waals surface area (Å²) in [6.45, 7) is 0. The molecule has 1 unspecified atom stereocenters. The van der Waals surface area contributed by atoms with Crippen LogP contribution < -0.4 is 4.74 Å². The summed E-state index contributed by atoms with van der Waals surface area (Å²) in [4.78, 5) is 0. The maximum absolute atomic E-state index is 13.5. The first-order chi connectivity index (χ1) is 8.60. The molecule has 1 aromatic carbocycles. The molecule has 0 amide bonds. The number of aryl methyl sites for hydroxylation is 1. The van der Waals surface area contributed by atoms with Crippen molar-refractivity contribution in [2.45, 2.75) is 12.5 Å². The maximum Gasteiger partial charge on any atom is 0.165 e. The van der Waals surface area contributed by atoms with Gasteiger partial charge < -0.3 is 9.84 Å². The van der Waals surface area contributed by atoms with Crippen LogP contribution in [-0.4, -0.2) is 22.0 Å². The van der Waals surface area contributed by atoms with Crippen LogP contribution in [-0.2, 0) is 13.5 Å². The Hall–Kier alpha value is -1.88. The topological polar surface area (TPSA) is 47.3 Å². The number of aliphatic hydroxyl groups excluding tert-OH is 1. The van der Waals surface area contributed by atoms with Gasteiger partial charge in [0.15, 0.2) is 11.6 Å². The zero-order chi connectivity index (χ0) is 13.1. The highest BCUT2D eigenvalue weighted by molar-refractivity contribution is 5.30. The Morgan fingerprint density at radius 3 is 2.83 bits per heavy atom. The van der Waals surface area contributed by atoms with E-state index >= 15 is 0 Å². The molecule has 0 radical (unpaired) electrons. The molecule has 0 aliphatic heterocycles. The molecule has 1 N–H and O–H groups in total. The first-order valence-electron chi connectivity index (χ1n) is 5.59. The molecule has 0 fully saturated rings. The van der Waals surface area contributed by atoms with E-state index in [0.29, 0.717) is 17.5 Å². The van der Waals surface area contributed by atoms with E-state index in [1.165, 1.54) is 13.2 Å². The molecule has 1 heterocycles. The Balaban J connectivity index is 2.12. The molecule has 0 saturated carbocycles. The molecule has 1 atom stereocenters. The van der Waals surface area contributed by atoms with Gasteiger partial charge in [-0.1, -0.05) is 6.07 Å². The Bertz CT molecular complexity index is 540. The maximum atomic E-state index is 13.5. The molecule has 18 heavy (non-hydrogen) atoms. The second kappa shape index (κ2) is 5.18. The number of aliphatic hydroxyl groups is 1. The zero-order valence-corrected chi connectivity index (χ0v) is 10.3. The summed E-state index contributed by atoms with van der Waals surface area (Å²) in [5, 5.41) is 14.0. The van der Waals surface area contributed by atoms with Gasteiger partial charge in [-0.3, -0.25) is 4.68 Å². The number of benzene rings is 1. The lowest BCUT2D eigenvalue weighted by Gasteiger charge is -2.09. The van der Waals surface area contributed by atoms with Gasteiger partial charge in [0.1, 0.15) is 0 Å². The molecule has 0 saturated heterocycles. The van der Waals surface area contributed by atoms with Crippen molar-refractivity contribution in [1.29, 1.82) is 0 Å². The zero-order valence-electron chi connectivity index (χ0n) is 10.3. The second-order valence-corrected chi connectivity index (χ2v) is 4.14. The SMILES string of the molecule is COc1ccc(CC(O)c2cnn(C)c2)cc1F. The molecule has 4 nitrogen and oxygen atoms in total. The standard InChI is InChI=1S/C13H15FN2O2/c1-16-8-10(7-15-16)12(17)6-9-3-4-13(18-2)11(14)5-9/h3-5,7-8,12,17H,6H2,1-2H3. The third-order valence-corrected chi connectivity index (χ3v) is 2.75. The van der Waals surface area contributed by atoms with E-state index in [9.17, 15) is 9.50 Å². The minimum Gasteiger partial charge on any atom is -0.494 e. The number of hydrogen-bond acceptors (Lipinski definition) is 3. The van der Waals surface area contributed by atoms with Crippen LogP contribution in [0.25, 0.3) is 0 Å². The molecule has 0 aliphatic carbocycles. The van der Waals surface area contributed by atoms with Gasteiger partial charge in [0.05, 0.1) is 19.4 Å². The number of aromatic nitrogens is 2. The van der Waals surface area contributed by atoms with Gasteiger partial charge in [0.25, 0.3) is 0 Å². The minimum absolute atomic E-state index is 0.203. The minimum atomic E-state index is -0.688. The predicted octanol–water partition coefficient (Wildman–Crippen LogP) is 1.84. The van der Waals surface area contributed by atoms with Gasteiger partial charge in [0.2, 0.25) is 0 Å². The predicted molar refractivity (Wildman–Crippen MR) is 64.8 cm³/mol. The fourth-order valence-electron chi connectivity index (χ4n) is 1.79. The largest absolute Gasteiger partial charge is 0.494 e. The smallest absolute Gasteiger partial charge is 0.165 e. The first-order valence-corrected chi connectivity index (χ1v) is 5.59. The van der Waals surface area contributed by atoms with Crippen molar-refractivity contribution < 1.29 is 14.2 Å². The van der Waals surface area contributed by atoms with Gasteiger partial charge in [-0.2, -0.15) is 5.10 Å². The molecule has 5 heteroatoms. The van der Waals surface area contributed by atoms with Crippen molar-refractivity contribution in [3.63, 3.8) is 0 Å². The molecule has 96 valence electrons. The van der Waals surface area contributed by atoms with Crippen molar-refractivity contribution in [2.75, 3.05) is 7.11 Å². The number of methoxy groups -OCH3 is 1. The van der Waals surface area contributed by atoms with Crippen LogP contribution >= 0.6 is 0 Å². The van der Waals surface area contributed by atoms with Crippen LogP contribution in [0.5, 0.6) is 5.75 Å². The van der Waals surface area contributed by atoms with Crippen LogP contribution in [0.15, 0.2) is 30.6 Å². The lowest BCUT2D eigenvalue weighted by molar-refractivity contribution is 0.178. The summed E-state index contributed by atoms with van der Waals surface area (Å²) >= 11 is 0. The molecule has 2 aromatic rings. The average molecular weight is 250 g/mol. The van der Waals surface area contributed by atoms with E-state index in [-0.39, 0.29) is 5.75 Å². The van der Waals surface area contributed by atoms with Crippen molar-refractivity contribution in [1.82, 2.24) is 9.78 Å².